The van der Waals surface area contributed by atoms with Crippen LogP contribution < -0.4 is 0 Å². The summed E-state index contributed by atoms with van der Waals surface area (Å²) in [6.07, 6.45) is 3.90. The third-order valence-electron chi connectivity index (χ3n) is 5.28. The van der Waals surface area contributed by atoms with Crippen LogP contribution in [-0.4, -0.2) is 9.97 Å². The molecule has 3 aromatic carbocycles. The number of aromatic nitrogens is 2. The van der Waals surface area contributed by atoms with E-state index in [0.29, 0.717) is 5.92 Å². The van der Waals surface area contributed by atoms with E-state index in [-0.39, 0.29) is 0 Å². The average Bonchev–Trinajstić information content (AvgIpc) is 3.06. The van der Waals surface area contributed by atoms with E-state index >= 15 is 0 Å². The standard InChI is InChI=1S/C24H20N2/c1-15(2)16-11-12-25-14-21(16)20-13-23-24(18-8-4-3-7-17(18)20)19-9-5-6-10-22(19)26-23/h3-15,26H,1-2H3. The van der Waals surface area contributed by atoms with Crippen molar-refractivity contribution in [3.05, 3.63) is 78.6 Å². The zero-order chi connectivity index (χ0) is 17.7. The molecule has 0 unspecified atom stereocenters. The van der Waals surface area contributed by atoms with Crippen LogP contribution in [0.25, 0.3) is 43.7 Å². The van der Waals surface area contributed by atoms with Gasteiger partial charge in [-0.1, -0.05) is 56.3 Å². The molecule has 2 nitrogen and oxygen atoms in total. The average molecular weight is 336 g/mol. The molecule has 0 spiro atoms. The van der Waals surface area contributed by atoms with Gasteiger partial charge in [0.2, 0.25) is 0 Å². The largest absolute Gasteiger partial charge is 0.354 e. The third-order valence-corrected chi connectivity index (χ3v) is 5.28. The van der Waals surface area contributed by atoms with Gasteiger partial charge in [0.05, 0.1) is 0 Å². The number of aromatic amines is 1. The van der Waals surface area contributed by atoms with Crippen LogP contribution in [0.3, 0.4) is 0 Å². The highest BCUT2D eigenvalue weighted by Gasteiger charge is 2.15. The maximum absolute atomic E-state index is 4.42. The molecule has 0 saturated carbocycles. The molecule has 0 aliphatic rings. The molecular weight excluding hydrogens is 316 g/mol. The van der Waals surface area contributed by atoms with E-state index < -0.39 is 0 Å². The lowest BCUT2D eigenvalue weighted by Crippen LogP contribution is -1.94. The van der Waals surface area contributed by atoms with Crippen LogP contribution in [0.5, 0.6) is 0 Å². The van der Waals surface area contributed by atoms with Gasteiger partial charge in [-0.05, 0) is 46.0 Å². The van der Waals surface area contributed by atoms with Crippen LogP contribution in [0.2, 0.25) is 0 Å². The number of benzene rings is 3. The van der Waals surface area contributed by atoms with Gasteiger partial charge in [-0.2, -0.15) is 0 Å². The van der Waals surface area contributed by atoms with Crippen LogP contribution in [-0.2, 0) is 0 Å². The van der Waals surface area contributed by atoms with Crippen molar-refractivity contribution in [2.75, 3.05) is 0 Å². The first-order valence-electron chi connectivity index (χ1n) is 9.10. The SMILES string of the molecule is CC(C)c1ccncc1-c1cc2[nH]c3ccccc3c2c2ccccc12. The molecule has 2 heteroatoms. The van der Waals surface area contributed by atoms with Gasteiger partial charge in [0.25, 0.3) is 0 Å². The van der Waals surface area contributed by atoms with Crippen molar-refractivity contribution in [2.45, 2.75) is 19.8 Å². The van der Waals surface area contributed by atoms with Crippen molar-refractivity contribution in [3.8, 4) is 11.1 Å². The van der Waals surface area contributed by atoms with Gasteiger partial charge < -0.3 is 4.98 Å². The van der Waals surface area contributed by atoms with Crippen LogP contribution in [0.15, 0.2) is 73.1 Å². The number of hydrogen-bond donors (Lipinski definition) is 1. The molecule has 2 aromatic heterocycles. The number of nitrogens with zero attached hydrogens (tertiary/aromatic N) is 1. The summed E-state index contributed by atoms with van der Waals surface area (Å²) in [6.45, 7) is 4.48. The molecule has 2 heterocycles. The number of nitrogens with one attached hydrogen (secondary N) is 1. The topological polar surface area (TPSA) is 28.7 Å². The Kier molecular flexibility index (Phi) is 3.32. The highest BCUT2D eigenvalue weighted by molar-refractivity contribution is 6.23. The maximum Gasteiger partial charge on any atom is 0.0477 e. The molecule has 126 valence electrons. The lowest BCUT2D eigenvalue weighted by molar-refractivity contribution is 0.866. The molecule has 0 atom stereocenters. The second-order valence-corrected chi connectivity index (χ2v) is 7.18. The fraction of sp³-hybridized carbons (Fsp3) is 0.125. The summed E-state index contributed by atoms with van der Waals surface area (Å²) in [4.78, 5) is 8.03. The monoisotopic (exact) mass is 336 g/mol. The van der Waals surface area contributed by atoms with E-state index in [0.717, 1.165) is 0 Å². The van der Waals surface area contributed by atoms with E-state index in [1.807, 2.05) is 12.4 Å². The van der Waals surface area contributed by atoms with Crippen molar-refractivity contribution >= 4 is 32.6 Å². The number of H-pyrrole nitrogens is 1. The molecule has 5 rings (SSSR count). The smallest absolute Gasteiger partial charge is 0.0477 e. The maximum atomic E-state index is 4.42. The third kappa shape index (κ3) is 2.15. The Bertz CT molecular complexity index is 1260. The first-order chi connectivity index (χ1) is 12.7. The molecule has 0 aliphatic carbocycles. The molecule has 0 amide bonds. The van der Waals surface area contributed by atoms with Gasteiger partial charge in [-0.15, -0.1) is 0 Å². The lowest BCUT2D eigenvalue weighted by atomic mass is 9.90. The number of hydrogen-bond acceptors (Lipinski definition) is 1. The molecule has 1 N–H and O–H groups in total. The highest BCUT2D eigenvalue weighted by atomic mass is 14.7. The van der Waals surface area contributed by atoms with Gasteiger partial charge in [0, 0.05) is 39.8 Å². The van der Waals surface area contributed by atoms with Gasteiger partial charge in [-0.3, -0.25) is 4.98 Å². The Morgan fingerprint density at radius 1 is 0.769 bits per heavy atom. The summed E-state index contributed by atoms with van der Waals surface area (Å²) in [7, 11) is 0. The molecule has 5 aromatic rings. The normalized spacial score (nSPS) is 11.8. The summed E-state index contributed by atoms with van der Waals surface area (Å²) in [6, 6.07) is 21.7. The molecule has 0 bridgehead atoms. The molecule has 0 saturated heterocycles. The minimum atomic E-state index is 0.449. The molecule has 0 aliphatic heterocycles. The Morgan fingerprint density at radius 2 is 1.50 bits per heavy atom. The van der Waals surface area contributed by atoms with Crippen LogP contribution in [0.1, 0.15) is 25.3 Å². The Morgan fingerprint density at radius 3 is 2.31 bits per heavy atom. The summed E-state index contributed by atoms with van der Waals surface area (Å²) in [5, 5.41) is 5.14. The molecule has 0 radical (unpaired) electrons. The predicted molar refractivity (Wildman–Crippen MR) is 111 cm³/mol. The summed E-state index contributed by atoms with van der Waals surface area (Å²) < 4.78 is 0. The minimum absolute atomic E-state index is 0.449. The Labute approximate surface area is 152 Å². The second-order valence-electron chi connectivity index (χ2n) is 7.18. The van der Waals surface area contributed by atoms with E-state index in [4.69, 9.17) is 0 Å². The van der Waals surface area contributed by atoms with Gasteiger partial charge in [0.1, 0.15) is 0 Å². The van der Waals surface area contributed by atoms with Gasteiger partial charge in [0.15, 0.2) is 0 Å². The van der Waals surface area contributed by atoms with E-state index in [9.17, 15) is 0 Å². The molecule has 26 heavy (non-hydrogen) atoms. The van der Waals surface area contributed by atoms with Crippen LogP contribution >= 0.6 is 0 Å². The van der Waals surface area contributed by atoms with Gasteiger partial charge in [-0.25, -0.2) is 0 Å². The zero-order valence-corrected chi connectivity index (χ0v) is 15.0. The van der Waals surface area contributed by atoms with E-state index in [2.05, 4.69) is 84.5 Å². The Hall–Kier alpha value is -3.13. The second kappa shape index (κ2) is 5.70. The lowest BCUT2D eigenvalue weighted by Gasteiger charge is -2.15. The number of rotatable bonds is 2. The van der Waals surface area contributed by atoms with Crippen LogP contribution in [0.4, 0.5) is 0 Å². The quantitative estimate of drug-likeness (QED) is 0.383. The fourth-order valence-corrected chi connectivity index (χ4v) is 4.08. The first kappa shape index (κ1) is 15.2. The minimum Gasteiger partial charge on any atom is -0.354 e. The summed E-state index contributed by atoms with van der Waals surface area (Å²) >= 11 is 0. The van der Waals surface area contributed by atoms with Crippen molar-refractivity contribution in [1.29, 1.82) is 0 Å². The summed E-state index contributed by atoms with van der Waals surface area (Å²) in [5.41, 5.74) is 6.16. The number of fused-ring (bicyclic) bond motifs is 5. The van der Waals surface area contributed by atoms with E-state index in [1.54, 1.807) is 0 Å². The van der Waals surface area contributed by atoms with E-state index in [1.165, 1.54) is 49.3 Å². The van der Waals surface area contributed by atoms with Crippen molar-refractivity contribution in [3.63, 3.8) is 0 Å². The Balaban J connectivity index is 1.97. The first-order valence-corrected chi connectivity index (χ1v) is 9.10. The molecular formula is C24H20N2. The molecule has 0 fully saturated rings. The van der Waals surface area contributed by atoms with Crippen molar-refractivity contribution < 1.29 is 0 Å². The van der Waals surface area contributed by atoms with Crippen molar-refractivity contribution in [2.24, 2.45) is 0 Å². The summed E-state index contributed by atoms with van der Waals surface area (Å²) in [5.74, 6) is 0.449. The zero-order valence-electron chi connectivity index (χ0n) is 15.0. The van der Waals surface area contributed by atoms with Gasteiger partial charge >= 0.3 is 0 Å². The predicted octanol–water partition coefficient (Wildman–Crippen LogP) is 6.66. The fourth-order valence-electron chi connectivity index (χ4n) is 4.08. The van der Waals surface area contributed by atoms with Crippen LogP contribution in [0, 0.1) is 0 Å². The number of pyridine rings is 1. The van der Waals surface area contributed by atoms with Crippen molar-refractivity contribution in [1.82, 2.24) is 9.97 Å². The number of para-hydroxylation sites is 1. The highest BCUT2D eigenvalue weighted by Crippen LogP contribution is 2.40.